The molecular weight excluding hydrogens is 338 g/mol. The number of pyridine rings is 1. The van der Waals surface area contributed by atoms with Crippen LogP contribution >= 0.6 is 0 Å². The highest BCUT2D eigenvalue weighted by Gasteiger charge is 2.25. The molecule has 1 saturated heterocycles. The summed E-state index contributed by atoms with van der Waals surface area (Å²) in [5.41, 5.74) is 1.97. The topological polar surface area (TPSA) is 79.4 Å². The van der Waals surface area contributed by atoms with Gasteiger partial charge in [-0.25, -0.2) is 12.7 Å². The quantitative estimate of drug-likeness (QED) is 0.855. The van der Waals surface area contributed by atoms with Crippen molar-refractivity contribution in [1.29, 1.82) is 0 Å². The Morgan fingerprint density at radius 1 is 1.08 bits per heavy atom. The van der Waals surface area contributed by atoms with Crippen molar-refractivity contribution in [2.45, 2.75) is 25.1 Å². The van der Waals surface area contributed by atoms with Crippen LogP contribution in [0.15, 0.2) is 48.7 Å². The van der Waals surface area contributed by atoms with Crippen LogP contribution in [-0.4, -0.2) is 36.7 Å². The van der Waals surface area contributed by atoms with Crippen molar-refractivity contribution < 1.29 is 13.2 Å². The standard InChI is InChI=1S/C18H21N3O3S/c22-18(20-13-17-5-1-2-10-19-17)16-8-6-15(7-9-16)14-25(23,24)21-11-3-4-12-21/h1-2,5-10H,3-4,11-14H2,(H,20,22). The molecule has 3 rings (SSSR count). The number of sulfonamides is 1. The number of benzene rings is 1. The molecule has 0 atom stereocenters. The maximum atomic E-state index is 12.3. The fourth-order valence-electron chi connectivity index (χ4n) is 2.80. The molecule has 6 nitrogen and oxygen atoms in total. The Labute approximate surface area is 147 Å². The van der Waals surface area contributed by atoms with Gasteiger partial charge in [0.15, 0.2) is 0 Å². The molecule has 132 valence electrons. The van der Waals surface area contributed by atoms with E-state index in [1.807, 2.05) is 18.2 Å². The average Bonchev–Trinajstić information content (AvgIpc) is 3.17. The van der Waals surface area contributed by atoms with Crippen molar-refractivity contribution in [3.8, 4) is 0 Å². The molecule has 1 amide bonds. The van der Waals surface area contributed by atoms with Crippen molar-refractivity contribution in [2.24, 2.45) is 0 Å². The third-order valence-electron chi connectivity index (χ3n) is 4.18. The first kappa shape index (κ1) is 17.6. The van der Waals surface area contributed by atoms with Crippen molar-refractivity contribution in [2.75, 3.05) is 13.1 Å². The Hall–Kier alpha value is -2.25. The van der Waals surface area contributed by atoms with Gasteiger partial charge < -0.3 is 5.32 Å². The molecule has 0 spiro atoms. The highest BCUT2D eigenvalue weighted by atomic mass is 32.2. The summed E-state index contributed by atoms with van der Waals surface area (Å²) in [5, 5.41) is 2.80. The molecule has 0 unspecified atom stereocenters. The minimum absolute atomic E-state index is 0.0250. The van der Waals surface area contributed by atoms with E-state index in [-0.39, 0.29) is 11.7 Å². The molecule has 1 aromatic carbocycles. The van der Waals surface area contributed by atoms with Crippen molar-refractivity contribution in [3.63, 3.8) is 0 Å². The summed E-state index contributed by atoms with van der Waals surface area (Å²) in [6.45, 7) is 1.57. The molecule has 1 aliphatic heterocycles. The largest absolute Gasteiger partial charge is 0.346 e. The number of hydrogen-bond donors (Lipinski definition) is 1. The van der Waals surface area contributed by atoms with Crippen LogP contribution in [0.3, 0.4) is 0 Å². The Bertz CT molecular complexity index is 814. The lowest BCUT2D eigenvalue weighted by Crippen LogP contribution is -2.29. The fourth-order valence-corrected chi connectivity index (χ4v) is 4.41. The summed E-state index contributed by atoms with van der Waals surface area (Å²) < 4.78 is 26.2. The zero-order valence-corrected chi connectivity index (χ0v) is 14.7. The number of carbonyl (C=O) groups is 1. The number of amides is 1. The first-order valence-electron chi connectivity index (χ1n) is 8.29. The normalized spacial score (nSPS) is 15.2. The zero-order valence-electron chi connectivity index (χ0n) is 13.9. The highest BCUT2D eigenvalue weighted by molar-refractivity contribution is 7.88. The minimum Gasteiger partial charge on any atom is -0.346 e. The number of nitrogens with one attached hydrogen (secondary N) is 1. The summed E-state index contributed by atoms with van der Waals surface area (Å²) in [6, 6.07) is 12.2. The average molecular weight is 359 g/mol. The minimum atomic E-state index is -3.27. The second-order valence-corrected chi connectivity index (χ2v) is 8.03. The van der Waals surface area contributed by atoms with Crippen LogP contribution in [0, 0.1) is 0 Å². The van der Waals surface area contributed by atoms with E-state index in [0.717, 1.165) is 18.5 Å². The molecule has 2 heterocycles. The van der Waals surface area contributed by atoms with Crippen molar-refractivity contribution >= 4 is 15.9 Å². The molecule has 0 radical (unpaired) electrons. The Kier molecular flexibility index (Phi) is 5.45. The fraction of sp³-hybridized carbons (Fsp3) is 0.333. The number of hydrogen-bond acceptors (Lipinski definition) is 4. The number of nitrogens with zero attached hydrogens (tertiary/aromatic N) is 2. The third-order valence-corrected chi connectivity index (χ3v) is 6.03. The highest BCUT2D eigenvalue weighted by Crippen LogP contribution is 2.17. The Morgan fingerprint density at radius 2 is 1.80 bits per heavy atom. The monoisotopic (exact) mass is 359 g/mol. The lowest BCUT2D eigenvalue weighted by atomic mass is 10.1. The van der Waals surface area contributed by atoms with Gasteiger partial charge in [-0.3, -0.25) is 9.78 Å². The van der Waals surface area contributed by atoms with Crippen molar-refractivity contribution in [1.82, 2.24) is 14.6 Å². The van der Waals surface area contributed by atoms with Gasteiger partial charge >= 0.3 is 0 Å². The third kappa shape index (κ3) is 4.64. The summed E-state index contributed by atoms with van der Waals surface area (Å²) in [5.74, 6) is -0.234. The van der Waals surface area contributed by atoms with Gasteiger partial charge in [-0.15, -0.1) is 0 Å². The van der Waals surface area contributed by atoms with Gasteiger partial charge in [0.2, 0.25) is 10.0 Å². The van der Waals surface area contributed by atoms with Gasteiger partial charge in [0.25, 0.3) is 5.91 Å². The van der Waals surface area contributed by atoms with Crippen LogP contribution in [0.1, 0.15) is 34.5 Å². The van der Waals surface area contributed by atoms with E-state index >= 15 is 0 Å². The molecule has 0 aliphatic carbocycles. The first-order chi connectivity index (χ1) is 12.0. The Balaban J connectivity index is 1.59. The molecule has 7 heteroatoms. The molecule has 1 aliphatic rings. The van der Waals surface area contributed by atoms with E-state index in [2.05, 4.69) is 10.3 Å². The van der Waals surface area contributed by atoms with Crippen LogP contribution < -0.4 is 5.32 Å². The first-order valence-corrected chi connectivity index (χ1v) is 9.90. The van der Waals surface area contributed by atoms with E-state index in [0.29, 0.717) is 30.8 Å². The van der Waals surface area contributed by atoms with Gasteiger partial charge in [-0.2, -0.15) is 0 Å². The van der Waals surface area contributed by atoms with Crippen LogP contribution in [0.5, 0.6) is 0 Å². The van der Waals surface area contributed by atoms with Crippen LogP contribution in [-0.2, 0) is 22.3 Å². The van der Waals surface area contributed by atoms with Crippen LogP contribution in [0.2, 0.25) is 0 Å². The van der Waals surface area contributed by atoms with Crippen molar-refractivity contribution in [3.05, 3.63) is 65.5 Å². The SMILES string of the molecule is O=C(NCc1ccccn1)c1ccc(CS(=O)(=O)N2CCCC2)cc1. The predicted octanol–water partition coefficient (Wildman–Crippen LogP) is 1.94. The van der Waals surface area contributed by atoms with E-state index in [4.69, 9.17) is 0 Å². The van der Waals surface area contributed by atoms with E-state index < -0.39 is 10.0 Å². The summed E-state index contributed by atoms with van der Waals surface area (Å²) in [4.78, 5) is 16.3. The second kappa shape index (κ2) is 7.76. The van der Waals surface area contributed by atoms with Crippen LogP contribution in [0.25, 0.3) is 0 Å². The molecule has 25 heavy (non-hydrogen) atoms. The van der Waals surface area contributed by atoms with Gasteiger partial charge in [0.05, 0.1) is 18.0 Å². The van der Waals surface area contributed by atoms with Gasteiger partial charge in [0, 0.05) is 24.8 Å². The maximum absolute atomic E-state index is 12.3. The maximum Gasteiger partial charge on any atom is 0.251 e. The molecule has 1 fully saturated rings. The number of rotatable bonds is 6. The number of carbonyl (C=O) groups excluding carboxylic acids is 1. The van der Waals surface area contributed by atoms with E-state index in [9.17, 15) is 13.2 Å². The van der Waals surface area contributed by atoms with Gasteiger partial charge in [-0.05, 0) is 42.7 Å². The molecule has 1 aromatic heterocycles. The predicted molar refractivity (Wildman–Crippen MR) is 95.3 cm³/mol. The molecule has 0 bridgehead atoms. The molecule has 2 aromatic rings. The molecule has 0 saturated carbocycles. The summed E-state index contributed by atoms with van der Waals surface area (Å²) in [7, 11) is -3.27. The Morgan fingerprint density at radius 3 is 2.44 bits per heavy atom. The summed E-state index contributed by atoms with van der Waals surface area (Å²) in [6.07, 6.45) is 3.53. The molecule has 1 N–H and O–H groups in total. The van der Waals surface area contributed by atoms with E-state index in [1.165, 1.54) is 0 Å². The zero-order chi connectivity index (χ0) is 17.7. The van der Waals surface area contributed by atoms with E-state index in [1.54, 1.807) is 34.8 Å². The summed E-state index contributed by atoms with van der Waals surface area (Å²) >= 11 is 0. The van der Waals surface area contributed by atoms with Gasteiger partial charge in [0.1, 0.15) is 0 Å². The number of aromatic nitrogens is 1. The lowest BCUT2D eigenvalue weighted by molar-refractivity contribution is 0.0950. The lowest BCUT2D eigenvalue weighted by Gasteiger charge is -2.15. The van der Waals surface area contributed by atoms with Gasteiger partial charge in [-0.1, -0.05) is 18.2 Å². The smallest absolute Gasteiger partial charge is 0.251 e. The van der Waals surface area contributed by atoms with Crippen LogP contribution in [0.4, 0.5) is 0 Å². The molecular formula is C18H21N3O3S. The second-order valence-electron chi connectivity index (χ2n) is 6.06.